The second kappa shape index (κ2) is 10.6. The molecule has 0 unspecified atom stereocenters. The smallest absolute Gasteiger partial charge is 0.420 e. The van der Waals surface area contributed by atoms with Gasteiger partial charge in [0, 0.05) is 0 Å². The Labute approximate surface area is 176 Å². The van der Waals surface area contributed by atoms with Crippen molar-refractivity contribution < 1.29 is 45.6 Å². The molecule has 0 aromatic rings. The van der Waals surface area contributed by atoms with E-state index in [2.05, 4.69) is 8.92 Å². The Morgan fingerprint density at radius 2 is 1.43 bits per heavy atom. The first-order valence-corrected chi connectivity index (χ1v) is 10.8. The van der Waals surface area contributed by atoms with E-state index in [0.29, 0.717) is 11.2 Å². The summed E-state index contributed by atoms with van der Waals surface area (Å²) in [4.78, 5) is 38.0. The SMILES string of the molecule is COC(=O)[C@H](CCC=C(F)OS(C)(=O)=O)N(C(=O)OC(C)(C)C)C(=O)OC(C)(C)C. The number of hydrogen-bond donors (Lipinski definition) is 0. The number of amides is 2. The zero-order valence-electron chi connectivity index (χ0n) is 18.5. The van der Waals surface area contributed by atoms with Crippen LogP contribution in [-0.4, -0.2) is 62.1 Å². The van der Waals surface area contributed by atoms with Gasteiger partial charge in [-0.05, 0) is 60.5 Å². The number of ether oxygens (including phenoxy) is 3. The Bertz CT molecular complexity index is 736. The van der Waals surface area contributed by atoms with Gasteiger partial charge in [-0.3, -0.25) is 0 Å². The number of hydrogen-bond acceptors (Lipinski definition) is 9. The molecule has 0 radical (unpaired) electrons. The molecule has 0 aliphatic carbocycles. The normalized spacial score (nSPS) is 13.8. The van der Waals surface area contributed by atoms with Crippen molar-refractivity contribution >= 4 is 28.3 Å². The Morgan fingerprint density at radius 1 is 1.00 bits per heavy atom. The van der Waals surface area contributed by atoms with Crippen LogP contribution in [0.4, 0.5) is 14.0 Å². The third-order valence-electron chi connectivity index (χ3n) is 2.94. The highest BCUT2D eigenvalue weighted by Crippen LogP contribution is 2.20. The maximum Gasteiger partial charge on any atom is 0.420 e. The average Bonchev–Trinajstić information content (AvgIpc) is 2.47. The number of carbonyl (C=O) groups is 3. The summed E-state index contributed by atoms with van der Waals surface area (Å²) >= 11 is 0. The van der Waals surface area contributed by atoms with E-state index in [1.165, 1.54) is 0 Å². The molecule has 0 spiro atoms. The van der Waals surface area contributed by atoms with Gasteiger partial charge in [-0.15, -0.1) is 0 Å². The number of esters is 1. The first-order valence-electron chi connectivity index (χ1n) is 8.94. The number of halogens is 1. The number of methoxy groups -OCH3 is 1. The topological polar surface area (TPSA) is 126 Å². The van der Waals surface area contributed by atoms with Crippen molar-refractivity contribution in [3.05, 3.63) is 12.1 Å². The van der Waals surface area contributed by atoms with Crippen LogP contribution in [0.25, 0.3) is 0 Å². The van der Waals surface area contributed by atoms with Crippen LogP contribution in [0.2, 0.25) is 0 Å². The molecule has 12 heteroatoms. The molecule has 174 valence electrons. The standard InChI is InChI=1S/C18H30FNO9S/c1-17(2,3)27-15(22)20(16(23)28-18(4,5)6)12(14(21)26-7)10-9-11-13(19)29-30(8,24)25/h11-12H,9-10H2,1-8H3/t12-/m0/s1. The molecule has 1 atom stereocenters. The first-order chi connectivity index (χ1) is 13.4. The predicted octanol–water partition coefficient (Wildman–Crippen LogP) is 3.27. The fourth-order valence-electron chi connectivity index (χ4n) is 1.97. The summed E-state index contributed by atoms with van der Waals surface area (Å²) in [5.74, 6) is -0.982. The minimum atomic E-state index is -4.07. The highest BCUT2D eigenvalue weighted by atomic mass is 32.2. The van der Waals surface area contributed by atoms with Crippen LogP contribution in [0.5, 0.6) is 0 Å². The third-order valence-corrected chi connectivity index (χ3v) is 3.40. The van der Waals surface area contributed by atoms with E-state index < -0.39 is 51.5 Å². The van der Waals surface area contributed by atoms with Crippen molar-refractivity contribution in [2.24, 2.45) is 0 Å². The van der Waals surface area contributed by atoms with Crippen molar-refractivity contribution in [2.75, 3.05) is 13.4 Å². The molecule has 0 aliphatic heterocycles. The quantitative estimate of drug-likeness (QED) is 0.246. The van der Waals surface area contributed by atoms with Gasteiger partial charge in [-0.1, -0.05) is 0 Å². The van der Waals surface area contributed by atoms with Crippen LogP contribution in [0.3, 0.4) is 0 Å². The zero-order valence-corrected chi connectivity index (χ0v) is 19.3. The molecule has 0 heterocycles. The first kappa shape index (κ1) is 27.6. The second-order valence-corrected chi connectivity index (χ2v) is 9.82. The van der Waals surface area contributed by atoms with Crippen LogP contribution in [0.15, 0.2) is 12.1 Å². The van der Waals surface area contributed by atoms with Crippen molar-refractivity contribution in [3.63, 3.8) is 0 Å². The lowest BCUT2D eigenvalue weighted by molar-refractivity contribution is -0.146. The van der Waals surface area contributed by atoms with Gasteiger partial charge in [-0.2, -0.15) is 17.7 Å². The van der Waals surface area contributed by atoms with Crippen LogP contribution in [0.1, 0.15) is 54.4 Å². The highest BCUT2D eigenvalue weighted by Gasteiger charge is 2.40. The van der Waals surface area contributed by atoms with Gasteiger partial charge in [0.15, 0.2) is 0 Å². The van der Waals surface area contributed by atoms with Crippen LogP contribution < -0.4 is 0 Å². The monoisotopic (exact) mass is 455 g/mol. The summed E-state index contributed by atoms with van der Waals surface area (Å²) < 4.78 is 54.5. The number of carbonyl (C=O) groups excluding carboxylic acids is 3. The number of nitrogens with zero attached hydrogens (tertiary/aromatic N) is 1. The fourth-order valence-corrected chi connectivity index (χ4v) is 2.33. The largest absolute Gasteiger partial charge is 0.467 e. The highest BCUT2D eigenvalue weighted by molar-refractivity contribution is 7.86. The maximum absolute atomic E-state index is 13.5. The minimum absolute atomic E-state index is 0.275. The average molecular weight is 456 g/mol. The van der Waals surface area contributed by atoms with E-state index in [9.17, 15) is 27.2 Å². The van der Waals surface area contributed by atoms with Crippen LogP contribution in [0, 0.1) is 0 Å². The van der Waals surface area contributed by atoms with E-state index in [4.69, 9.17) is 9.47 Å². The molecule has 10 nitrogen and oxygen atoms in total. The second-order valence-electron chi connectivity index (χ2n) is 8.24. The molecule has 0 aromatic carbocycles. The molecule has 0 fully saturated rings. The van der Waals surface area contributed by atoms with Crippen molar-refractivity contribution in [1.29, 1.82) is 0 Å². The molecule has 2 amide bonds. The number of imide groups is 1. The van der Waals surface area contributed by atoms with Gasteiger partial charge in [0.05, 0.1) is 13.4 Å². The molecule has 0 aromatic heterocycles. The van der Waals surface area contributed by atoms with E-state index in [0.717, 1.165) is 13.2 Å². The van der Waals surface area contributed by atoms with Gasteiger partial charge >= 0.3 is 28.3 Å². The van der Waals surface area contributed by atoms with Gasteiger partial charge in [0.1, 0.15) is 17.2 Å². The van der Waals surface area contributed by atoms with Gasteiger partial charge in [0.25, 0.3) is 6.01 Å². The number of rotatable bonds is 7. The van der Waals surface area contributed by atoms with E-state index >= 15 is 0 Å². The van der Waals surface area contributed by atoms with Gasteiger partial charge in [-0.25, -0.2) is 14.4 Å². The lowest BCUT2D eigenvalue weighted by Crippen LogP contribution is -2.52. The summed E-state index contributed by atoms with van der Waals surface area (Å²) in [5, 5.41) is 0. The molecule has 30 heavy (non-hydrogen) atoms. The molecular weight excluding hydrogens is 425 g/mol. The summed E-state index contributed by atoms with van der Waals surface area (Å²) in [6.45, 7) is 9.37. The Morgan fingerprint density at radius 3 is 1.77 bits per heavy atom. The van der Waals surface area contributed by atoms with Crippen molar-refractivity contribution in [2.45, 2.75) is 71.6 Å². The summed E-state index contributed by atoms with van der Waals surface area (Å²) in [7, 11) is -3.03. The summed E-state index contributed by atoms with van der Waals surface area (Å²) in [5.41, 5.74) is -1.99. The van der Waals surface area contributed by atoms with Gasteiger partial charge in [0.2, 0.25) is 0 Å². The molecule has 0 bridgehead atoms. The third kappa shape index (κ3) is 11.6. The summed E-state index contributed by atoms with van der Waals surface area (Å²) in [6.07, 6.45) is -1.51. The molecule has 0 saturated carbocycles. The minimum Gasteiger partial charge on any atom is -0.467 e. The van der Waals surface area contributed by atoms with E-state index in [1.807, 2.05) is 0 Å². The Balaban J connectivity index is 5.83. The fraction of sp³-hybridized carbons (Fsp3) is 0.722. The van der Waals surface area contributed by atoms with Crippen LogP contribution >= 0.6 is 0 Å². The molecule has 0 saturated heterocycles. The van der Waals surface area contributed by atoms with Gasteiger partial charge < -0.3 is 18.4 Å². The van der Waals surface area contributed by atoms with E-state index in [-0.39, 0.29) is 12.8 Å². The van der Waals surface area contributed by atoms with E-state index in [1.54, 1.807) is 41.5 Å². The zero-order chi connectivity index (χ0) is 23.9. The maximum atomic E-state index is 13.5. The van der Waals surface area contributed by atoms with Crippen molar-refractivity contribution in [3.8, 4) is 0 Å². The summed E-state index contributed by atoms with van der Waals surface area (Å²) in [6, 6.07) is -2.94. The van der Waals surface area contributed by atoms with Crippen molar-refractivity contribution in [1.82, 2.24) is 4.90 Å². The Hall–Kier alpha value is -2.37. The number of allylic oxidation sites excluding steroid dienone is 1. The molecule has 0 aliphatic rings. The lowest BCUT2D eigenvalue weighted by Gasteiger charge is -2.32. The lowest BCUT2D eigenvalue weighted by atomic mass is 10.1. The predicted molar refractivity (Wildman–Crippen MR) is 104 cm³/mol. The molecular formula is C18H30FNO9S. The Kier molecular flexibility index (Phi) is 9.76. The molecule has 0 N–H and O–H groups in total. The molecule has 0 rings (SSSR count). The van der Waals surface area contributed by atoms with Crippen LogP contribution in [-0.2, 0) is 33.3 Å².